The lowest BCUT2D eigenvalue weighted by Crippen LogP contribution is -2.34. The molecule has 22 heavy (non-hydrogen) atoms. The molecular formula is C14H16F3N3O2. The summed E-state index contributed by atoms with van der Waals surface area (Å²) in [5.74, 6) is -1.20. The van der Waals surface area contributed by atoms with E-state index in [0.717, 1.165) is 12.3 Å². The zero-order valence-electron chi connectivity index (χ0n) is 12.1. The third kappa shape index (κ3) is 5.94. The standard InChI is InChI=1S/C14H16F3N3O2/c1-9(2)19-12(21)7-13(22)20-18-8-10-5-3-4-6-11(10)14(15,16)17/h3-6,8-9H,7H2,1-2H3,(H,19,21)(H,20,22)/b18-8+. The van der Waals surface area contributed by atoms with Gasteiger partial charge in [-0.05, 0) is 19.9 Å². The molecule has 2 amide bonds. The summed E-state index contributed by atoms with van der Waals surface area (Å²) >= 11 is 0. The van der Waals surface area contributed by atoms with Crippen molar-refractivity contribution >= 4 is 18.0 Å². The molecule has 8 heteroatoms. The first kappa shape index (κ1) is 17.7. The van der Waals surface area contributed by atoms with Crippen LogP contribution in [0.3, 0.4) is 0 Å². The second kappa shape index (κ2) is 7.58. The maximum Gasteiger partial charge on any atom is 0.417 e. The molecule has 0 aliphatic heterocycles. The number of halogens is 3. The molecular weight excluding hydrogens is 299 g/mol. The van der Waals surface area contributed by atoms with Gasteiger partial charge in [0, 0.05) is 11.6 Å². The molecule has 0 saturated heterocycles. The molecule has 0 heterocycles. The predicted octanol–water partition coefficient (Wildman–Crippen LogP) is 2.07. The molecule has 0 spiro atoms. The summed E-state index contributed by atoms with van der Waals surface area (Å²) in [5.41, 5.74) is 0.982. The van der Waals surface area contributed by atoms with Gasteiger partial charge in [0.2, 0.25) is 11.8 Å². The molecule has 0 atom stereocenters. The fourth-order valence-corrected chi connectivity index (χ4v) is 1.60. The van der Waals surface area contributed by atoms with Crippen molar-refractivity contribution in [2.75, 3.05) is 0 Å². The Morgan fingerprint density at radius 3 is 2.45 bits per heavy atom. The van der Waals surface area contributed by atoms with E-state index >= 15 is 0 Å². The number of benzene rings is 1. The van der Waals surface area contributed by atoms with E-state index in [1.165, 1.54) is 18.2 Å². The Balaban J connectivity index is 2.64. The third-order valence-electron chi connectivity index (χ3n) is 2.43. The van der Waals surface area contributed by atoms with Crippen LogP contribution in [0.2, 0.25) is 0 Å². The van der Waals surface area contributed by atoms with Crippen LogP contribution in [0.5, 0.6) is 0 Å². The molecule has 0 fully saturated rings. The van der Waals surface area contributed by atoms with Gasteiger partial charge in [0.15, 0.2) is 0 Å². The lowest BCUT2D eigenvalue weighted by molar-refractivity contribution is -0.137. The Labute approximate surface area is 125 Å². The van der Waals surface area contributed by atoms with Gasteiger partial charge in [-0.2, -0.15) is 18.3 Å². The number of hydrazone groups is 1. The first-order valence-electron chi connectivity index (χ1n) is 6.47. The van der Waals surface area contributed by atoms with Crippen LogP contribution in [-0.2, 0) is 15.8 Å². The zero-order valence-corrected chi connectivity index (χ0v) is 12.1. The van der Waals surface area contributed by atoms with E-state index in [2.05, 4.69) is 10.4 Å². The number of hydrogen-bond acceptors (Lipinski definition) is 3. The second-order valence-corrected chi connectivity index (χ2v) is 4.78. The molecule has 2 N–H and O–H groups in total. The fraction of sp³-hybridized carbons (Fsp3) is 0.357. The summed E-state index contributed by atoms with van der Waals surface area (Å²) in [6.07, 6.45) is -4.07. The maximum absolute atomic E-state index is 12.7. The van der Waals surface area contributed by atoms with Crippen LogP contribution >= 0.6 is 0 Å². The number of hydrogen-bond donors (Lipinski definition) is 2. The summed E-state index contributed by atoms with van der Waals surface area (Å²) in [7, 11) is 0. The average molecular weight is 315 g/mol. The minimum absolute atomic E-state index is 0.109. The van der Waals surface area contributed by atoms with Crippen LogP contribution in [0.1, 0.15) is 31.4 Å². The average Bonchev–Trinajstić information content (AvgIpc) is 2.36. The second-order valence-electron chi connectivity index (χ2n) is 4.78. The van der Waals surface area contributed by atoms with Crippen molar-refractivity contribution in [3.8, 4) is 0 Å². The van der Waals surface area contributed by atoms with Crippen LogP contribution in [0, 0.1) is 0 Å². The highest BCUT2D eigenvalue weighted by atomic mass is 19.4. The van der Waals surface area contributed by atoms with E-state index in [0.29, 0.717) is 0 Å². The van der Waals surface area contributed by atoms with Gasteiger partial charge in [-0.1, -0.05) is 18.2 Å². The SMILES string of the molecule is CC(C)NC(=O)CC(=O)N/N=C/c1ccccc1C(F)(F)F. The van der Waals surface area contributed by atoms with Crippen molar-refractivity contribution in [2.24, 2.45) is 5.10 Å². The molecule has 5 nitrogen and oxygen atoms in total. The van der Waals surface area contributed by atoms with E-state index in [1.807, 2.05) is 5.43 Å². The Hall–Kier alpha value is -2.38. The van der Waals surface area contributed by atoms with Crippen LogP contribution in [0.25, 0.3) is 0 Å². The number of carbonyl (C=O) groups excluding carboxylic acids is 2. The van der Waals surface area contributed by atoms with E-state index in [1.54, 1.807) is 13.8 Å². The van der Waals surface area contributed by atoms with E-state index in [-0.39, 0.29) is 11.6 Å². The molecule has 0 aliphatic rings. The number of amides is 2. The monoisotopic (exact) mass is 315 g/mol. The quantitative estimate of drug-likeness (QED) is 0.496. The Kier molecular flexibility index (Phi) is 6.09. The van der Waals surface area contributed by atoms with Crippen molar-refractivity contribution in [3.05, 3.63) is 35.4 Å². The summed E-state index contributed by atoms with van der Waals surface area (Å²) in [6.45, 7) is 3.48. The Morgan fingerprint density at radius 1 is 1.23 bits per heavy atom. The van der Waals surface area contributed by atoms with Gasteiger partial charge in [0.05, 0.1) is 11.8 Å². The lowest BCUT2D eigenvalue weighted by Gasteiger charge is -2.09. The van der Waals surface area contributed by atoms with Crippen LogP contribution in [-0.4, -0.2) is 24.1 Å². The maximum atomic E-state index is 12.7. The van der Waals surface area contributed by atoms with Gasteiger partial charge in [-0.15, -0.1) is 0 Å². The molecule has 1 aromatic rings. The van der Waals surface area contributed by atoms with Gasteiger partial charge in [-0.3, -0.25) is 9.59 Å². The number of carbonyl (C=O) groups is 2. The van der Waals surface area contributed by atoms with Crippen LogP contribution in [0.15, 0.2) is 29.4 Å². The summed E-state index contributed by atoms with van der Waals surface area (Å²) in [6, 6.07) is 4.72. The van der Waals surface area contributed by atoms with Crippen molar-refractivity contribution in [3.63, 3.8) is 0 Å². The number of rotatable bonds is 5. The number of alkyl halides is 3. The van der Waals surface area contributed by atoms with E-state index < -0.39 is 30.0 Å². The topological polar surface area (TPSA) is 70.6 Å². The molecule has 0 unspecified atom stereocenters. The Bertz CT molecular complexity index is 569. The highest BCUT2D eigenvalue weighted by molar-refractivity contribution is 5.97. The number of nitrogens with zero attached hydrogens (tertiary/aromatic N) is 1. The van der Waals surface area contributed by atoms with Crippen LogP contribution in [0.4, 0.5) is 13.2 Å². The molecule has 1 rings (SSSR count). The first-order chi connectivity index (χ1) is 10.2. The minimum atomic E-state index is -4.51. The Morgan fingerprint density at radius 2 is 1.86 bits per heavy atom. The van der Waals surface area contributed by atoms with Gasteiger partial charge in [0.25, 0.3) is 0 Å². The van der Waals surface area contributed by atoms with Gasteiger partial charge in [0.1, 0.15) is 6.42 Å². The van der Waals surface area contributed by atoms with Gasteiger partial charge in [-0.25, -0.2) is 5.43 Å². The fourth-order valence-electron chi connectivity index (χ4n) is 1.60. The normalized spacial score (nSPS) is 11.7. The molecule has 0 bridgehead atoms. The first-order valence-corrected chi connectivity index (χ1v) is 6.47. The largest absolute Gasteiger partial charge is 0.417 e. The highest BCUT2D eigenvalue weighted by Crippen LogP contribution is 2.30. The van der Waals surface area contributed by atoms with Crippen molar-refractivity contribution < 1.29 is 22.8 Å². The summed E-state index contributed by atoms with van der Waals surface area (Å²) in [4.78, 5) is 22.7. The van der Waals surface area contributed by atoms with Crippen LogP contribution < -0.4 is 10.7 Å². The van der Waals surface area contributed by atoms with Crippen molar-refractivity contribution in [1.29, 1.82) is 0 Å². The molecule has 1 aromatic carbocycles. The smallest absolute Gasteiger partial charge is 0.353 e. The van der Waals surface area contributed by atoms with E-state index in [9.17, 15) is 22.8 Å². The highest BCUT2D eigenvalue weighted by Gasteiger charge is 2.32. The van der Waals surface area contributed by atoms with Crippen molar-refractivity contribution in [1.82, 2.24) is 10.7 Å². The summed E-state index contributed by atoms with van der Waals surface area (Å²) < 4.78 is 38.2. The molecule has 0 saturated carbocycles. The minimum Gasteiger partial charge on any atom is -0.353 e. The van der Waals surface area contributed by atoms with Gasteiger partial charge < -0.3 is 5.32 Å². The summed E-state index contributed by atoms with van der Waals surface area (Å²) in [5, 5.41) is 5.95. The number of nitrogens with one attached hydrogen (secondary N) is 2. The van der Waals surface area contributed by atoms with E-state index in [4.69, 9.17) is 0 Å². The lowest BCUT2D eigenvalue weighted by atomic mass is 10.1. The predicted molar refractivity (Wildman–Crippen MR) is 75.1 cm³/mol. The molecule has 0 aliphatic carbocycles. The third-order valence-corrected chi connectivity index (χ3v) is 2.43. The molecule has 0 radical (unpaired) electrons. The van der Waals surface area contributed by atoms with Gasteiger partial charge >= 0.3 is 6.18 Å². The zero-order chi connectivity index (χ0) is 16.8. The molecule has 0 aromatic heterocycles. The molecule has 120 valence electrons. The van der Waals surface area contributed by atoms with Crippen molar-refractivity contribution in [2.45, 2.75) is 32.5 Å².